The van der Waals surface area contributed by atoms with Crippen molar-refractivity contribution in [2.75, 3.05) is 5.01 Å². The molecule has 6 nitrogen and oxygen atoms in total. The molecule has 2 aromatic rings. The molecule has 1 saturated carbocycles. The number of nitrogens with two attached hydrogens (primary N) is 2. The Morgan fingerprint density at radius 3 is 2.62 bits per heavy atom. The molecular formula is C17H22N4O2S. The van der Waals surface area contributed by atoms with Crippen LogP contribution in [-0.4, -0.2) is 16.8 Å². The number of anilines is 1. The molecular weight excluding hydrogens is 324 g/mol. The Morgan fingerprint density at radius 2 is 2.00 bits per heavy atom. The molecule has 7 heteroatoms. The zero-order chi connectivity index (χ0) is 17.3. The summed E-state index contributed by atoms with van der Waals surface area (Å²) < 4.78 is 0.908. The van der Waals surface area contributed by atoms with Gasteiger partial charge in [-0.2, -0.15) is 0 Å². The number of fused-ring (bicyclic) bond motifs is 1. The number of thiazole rings is 1. The van der Waals surface area contributed by atoms with E-state index >= 15 is 0 Å². The van der Waals surface area contributed by atoms with E-state index < -0.39 is 5.91 Å². The summed E-state index contributed by atoms with van der Waals surface area (Å²) in [5.41, 5.74) is 7.84. The van der Waals surface area contributed by atoms with E-state index in [2.05, 4.69) is 4.98 Å². The van der Waals surface area contributed by atoms with Gasteiger partial charge in [0.15, 0.2) is 5.01 Å². The van der Waals surface area contributed by atoms with Crippen LogP contribution in [-0.2, 0) is 4.79 Å². The summed E-state index contributed by atoms with van der Waals surface area (Å²) in [6.45, 7) is 1.79. The molecule has 0 atom stereocenters. The summed E-state index contributed by atoms with van der Waals surface area (Å²) in [5.74, 6) is 5.72. The Balaban J connectivity index is 2.18. The Labute approximate surface area is 144 Å². The molecule has 0 radical (unpaired) electrons. The predicted octanol–water partition coefficient (Wildman–Crippen LogP) is 3.06. The summed E-state index contributed by atoms with van der Waals surface area (Å²) in [5, 5.41) is 1.52. The minimum absolute atomic E-state index is 0.142. The molecule has 4 N–H and O–H groups in total. The highest BCUT2D eigenvalue weighted by molar-refractivity contribution is 7.20. The van der Waals surface area contributed by atoms with Gasteiger partial charge in [0.1, 0.15) is 0 Å². The molecule has 1 fully saturated rings. The Hall–Kier alpha value is -1.99. The van der Waals surface area contributed by atoms with Gasteiger partial charge >= 0.3 is 0 Å². The number of carbonyl (C=O) groups excluding carboxylic acids is 2. The molecule has 0 saturated heterocycles. The van der Waals surface area contributed by atoms with Crippen LogP contribution in [0.4, 0.5) is 5.69 Å². The third-order valence-electron chi connectivity index (χ3n) is 4.63. The van der Waals surface area contributed by atoms with E-state index in [4.69, 9.17) is 11.6 Å². The van der Waals surface area contributed by atoms with Crippen molar-refractivity contribution in [2.45, 2.75) is 51.4 Å². The lowest BCUT2D eigenvalue weighted by Crippen LogP contribution is -2.38. The number of hydrazine groups is 1. The van der Waals surface area contributed by atoms with E-state index in [1.807, 2.05) is 12.1 Å². The molecule has 0 spiro atoms. The lowest BCUT2D eigenvalue weighted by atomic mass is 9.82. The maximum absolute atomic E-state index is 12.1. The predicted molar refractivity (Wildman–Crippen MR) is 95.9 cm³/mol. The summed E-state index contributed by atoms with van der Waals surface area (Å²) in [6.07, 6.45) is 5.96. The number of hydrogen-bond donors (Lipinski definition) is 2. The zero-order valence-corrected chi connectivity index (χ0v) is 14.6. The van der Waals surface area contributed by atoms with Gasteiger partial charge in [-0.05, 0) is 30.9 Å². The molecule has 0 bridgehead atoms. The van der Waals surface area contributed by atoms with Crippen LogP contribution in [0.15, 0.2) is 12.1 Å². The van der Waals surface area contributed by atoms with Crippen LogP contribution in [0.2, 0.25) is 0 Å². The fourth-order valence-electron chi connectivity index (χ4n) is 3.42. The van der Waals surface area contributed by atoms with Crippen molar-refractivity contribution in [3.63, 3.8) is 0 Å². The normalized spacial score (nSPS) is 15.6. The minimum Gasteiger partial charge on any atom is -0.364 e. The zero-order valence-electron chi connectivity index (χ0n) is 13.7. The van der Waals surface area contributed by atoms with Crippen LogP contribution in [0.3, 0.4) is 0 Å². The van der Waals surface area contributed by atoms with Gasteiger partial charge in [-0.3, -0.25) is 9.59 Å². The molecule has 2 amide bonds. The van der Waals surface area contributed by atoms with Gasteiger partial charge < -0.3 is 5.73 Å². The van der Waals surface area contributed by atoms with E-state index in [0.29, 0.717) is 23.0 Å². The molecule has 1 aromatic carbocycles. The number of aromatic nitrogens is 1. The number of primary amides is 1. The van der Waals surface area contributed by atoms with Crippen molar-refractivity contribution in [3.8, 4) is 0 Å². The average Bonchev–Trinajstić information content (AvgIpc) is 3.04. The highest BCUT2D eigenvalue weighted by atomic mass is 32.1. The summed E-state index contributed by atoms with van der Waals surface area (Å²) in [7, 11) is 0. The first-order chi connectivity index (χ1) is 11.5. The van der Waals surface area contributed by atoms with Gasteiger partial charge in [-0.1, -0.05) is 26.2 Å². The molecule has 1 aliphatic carbocycles. The number of hydrogen-bond acceptors (Lipinski definition) is 5. The van der Waals surface area contributed by atoms with E-state index in [1.165, 1.54) is 22.8 Å². The Kier molecular flexibility index (Phi) is 4.82. The number of benzene rings is 1. The largest absolute Gasteiger partial charge is 0.364 e. The monoisotopic (exact) mass is 346 g/mol. The third kappa shape index (κ3) is 3.01. The topological polar surface area (TPSA) is 102 Å². The van der Waals surface area contributed by atoms with Crippen LogP contribution < -0.4 is 16.6 Å². The van der Waals surface area contributed by atoms with Crippen molar-refractivity contribution in [2.24, 2.45) is 11.6 Å². The average molecular weight is 346 g/mol. The first kappa shape index (κ1) is 16.9. The van der Waals surface area contributed by atoms with Gasteiger partial charge in [-0.25, -0.2) is 15.8 Å². The second kappa shape index (κ2) is 6.86. The second-order valence-corrected chi connectivity index (χ2v) is 7.21. The summed E-state index contributed by atoms with van der Waals surface area (Å²) in [4.78, 5) is 28.1. The van der Waals surface area contributed by atoms with Crippen LogP contribution in [0.25, 0.3) is 10.2 Å². The van der Waals surface area contributed by atoms with Crippen molar-refractivity contribution in [1.82, 2.24) is 4.98 Å². The molecule has 0 aliphatic heterocycles. The fraction of sp³-hybridized carbons (Fsp3) is 0.471. The Morgan fingerprint density at radius 1 is 1.29 bits per heavy atom. The van der Waals surface area contributed by atoms with Gasteiger partial charge in [0, 0.05) is 12.0 Å². The van der Waals surface area contributed by atoms with E-state index in [1.54, 1.807) is 6.92 Å². The summed E-state index contributed by atoms with van der Waals surface area (Å²) >= 11 is 1.29. The molecule has 1 aliphatic rings. The minimum atomic E-state index is -0.526. The van der Waals surface area contributed by atoms with Gasteiger partial charge in [0.2, 0.25) is 5.91 Å². The maximum Gasteiger partial charge on any atom is 0.277 e. The summed E-state index contributed by atoms with van der Waals surface area (Å²) in [6, 6.07) is 3.73. The molecule has 3 rings (SSSR count). The standard InChI is InChI=1S/C17H22N4O2S/c1-2-13(22)21(19)11-8-9-12-15(20-17(24-12)16(18)23)14(11)10-6-4-3-5-7-10/h8-10H,2-7,19H2,1H3,(H2,18,23). The maximum atomic E-state index is 12.1. The molecule has 0 unspecified atom stereocenters. The first-order valence-electron chi connectivity index (χ1n) is 8.33. The highest BCUT2D eigenvalue weighted by Crippen LogP contribution is 2.42. The van der Waals surface area contributed by atoms with Crippen molar-refractivity contribution < 1.29 is 9.59 Å². The van der Waals surface area contributed by atoms with E-state index in [9.17, 15) is 9.59 Å². The third-order valence-corrected chi connectivity index (χ3v) is 5.67. The van der Waals surface area contributed by atoms with E-state index in [-0.39, 0.29) is 5.91 Å². The highest BCUT2D eigenvalue weighted by Gasteiger charge is 2.26. The molecule has 128 valence electrons. The van der Waals surface area contributed by atoms with E-state index in [0.717, 1.165) is 41.5 Å². The quantitative estimate of drug-likeness (QED) is 0.504. The van der Waals surface area contributed by atoms with Gasteiger partial charge in [0.05, 0.1) is 15.9 Å². The van der Waals surface area contributed by atoms with Crippen LogP contribution >= 0.6 is 11.3 Å². The number of carbonyl (C=O) groups is 2. The van der Waals surface area contributed by atoms with Gasteiger partial charge in [-0.15, -0.1) is 11.3 Å². The van der Waals surface area contributed by atoms with Gasteiger partial charge in [0.25, 0.3) is 5.91 Å². The Bertz CT molecular complexity index is 780. The lowest BCUT2D eigenvalue weighted by Gasteiger charge is -2.27. The fourth-order valence-corrected chi connectivity index (χ4v) is 4.25. The number of nitrogens with zero attached hydrogens (tertiary/aromatic N) is 2. The molecule has 1 heterocycles. The van der Waals surface area contributed by atoms with Crippen molar-refractivity contribution in [1.29, 1.82) is 0 Å². The lowest BCUT2D eigenvalue weighted by molar-refractivity contribution is -0.118. The number of amides is 2. The van der Waals surface area contributed by atoms with Crippen LogP contribution in [0.5, 0.6) is 0 Å². The molecule has 1 aromatic heterocycles. The number of rotatable bonds is 4. The van der Waals surface area contributed by atoms with Crippen LogP contribution in [0.1, 0.15) is 66.7 Å². The smallest absolute Gasteiger partial charge is 0.277 e. The first-order valence-corrected chi connectivity index (χ1v) is 9.15. The van der Waals surface area contributed by atoms with Crippen molar-refractivity contribution in [3.05, 3.63) is 22.7 Å². The SMILES string of the molecule is CCC(=O)N(N)c1ccc2sc(C(N)=O)nc2c1C1CCCCC1. The van der Waals surface area contributed by atoms with Crippen LogP contribution in [0, 0.1) is 0 Å². The van der Waals surface area contributed by atoms with Crippen molar-refractivity contribution >= 4 is 39.1 Å². The molecule has 24 heavy (non-hydrogen) atoms. The second-order valence-electron chi connectivity index (χ2n) is 6.18.